The second kappa shape index (κ2) is 12.5. The maximum Gasteiger partial charge on any atom is 0.410 e. The van der Waals surface area contributed by atoms with Gasteiger partial charge in [0.25, 0.3) is 0 Å². The van der Waals surface area contributed by atoms with E-state index < -0.39 is 6.09 Å². The van der Waals surface area contributed by atoms with Crippen molar-refractivity contribution in [3.05, 3.63) is 83.4 Å². The smallest absolute Gasteiger partial charge is 0.410 e. The fourth-order valence-corrected chi connectivity index (χ4v) is 3.79. The number of hydrogen-bond acceptors (Lipinski definition) is 6. The fourth-order valence-electron chi connectivity index (χ4n) is 3.79. The van der Waals surface area contributed by atoms with Gasteiger partial charge in [0.05, 0.1) is 26.7 Å². The van der Waals surface area contributed by atoms with Gasteiger partial charge in [-0.25, -0.2) is 4.79 Å². The molecule has 7 nitrogen and oxygen atoms in total. The summed E-state index contributed by atoms with van der Waals surface area (Å²) in [7, 11) is 1.59. The molecule has 0 aliphatic rings. The molecule has 0 spiro atoms. The lowest BCUT2D eigenvalue weighted by molar-refractivity contribution is -0.142. The Labute approximate surface area is 206 Å². The molecule has 0 aromatic heterocycles. The molecule has 184 valence electrons. The first-order valence-electron chi connectivity index (χ1n) is 11.6. The maximum atomic E-state index is 12.9. The predicted molar refractivity (Wildman–Crippen MR) is 136 cm³/mol. The van der Waals surface area contributed by atoms with E-state index >= 15 is 0 Å². The summed E-state index contributed by atoms with van der Waals surface area (Å²) in [6.45, 7) is 4.90. The summed E-state index contributed by atoms with van der Waals surface area (Å²) in [5, 5.41) is 0. The number of esters is 1. The van der Waals surface area contributed by atoms with Crippen molar-refractivity contribution in [2.24, 2.45) is 0 Å². The molecular weight excluding hydrogens is 444 g/mol. The number of carbonyl (C=O) groups is 2. The van der Waals surface area contributed by atoms with Crippen molar-refractivity contribution in [2.75, 3.05) is 26.0 Å². The molecule has 3 rings (SSSR count). The van der Waals surface area contributed by atoms with Crippen molar-refractivity contribution in [1.82, 2.24) is 4.90 Å². The van der Waals surface area contributed by atoms with Crippen molar-refractivity contribution in [1.29, 1.82) is 0 Å². The first kappa shape index (κ1) is 25.6. The number of ether oxygens (including phenoxy) is 3. The Hall–Kier alpha value is -4.00. The molecule has 7 heteroatoms. The number of nitrogens with two attached hydrogens (primary N) is 1. The minimum Gasteiger partial charge on any atom is -0.496 e. The summed E-state index contributed by atoms with van der Waals surface area (Å²) in [6, 6.07) is 20.7. The van der Waals surface area contributed by atoms with E-state index in [4.69, 9.17) is 19.9 Å². The number of carbonyl (C=O) groups excluding carboxylic acids is 2. The molecule has 0 saturated carbocycles. The molecule has 0 aliphatic carbocycles. The van der Waals surface area contributed by atoms with Crippen molar-refractivity contribution in [3.63, 3.8) is 0 Å². The zero-order chi connectivity index (χ0) is 25.2. The summed E-state index contributed by atoms with van der Waals surface area (Å²) < 4.78 is 16.2. The topological polar surface area (TPSA) is 91.1 Å². The van der Waals surface area contributed by atoms with Crippen LogP contribution >= 0.6 is 0 Å². The van der Waals surface area contributed by atoms with Crippen LogP contribution in [0.4, 0.5) is 10.5 Å². The van der Waals surface area contributed by atoms with E-state index in [0.717, 1.165) is 27.8 Å². The van der Waals surface area contributed by atoms with Crippen LogP contribution in [0.25, 0.3) is 11.1 Å². The third-order valence-electron chi connectivity index (χ3n) is 5.61. The zero-order valence-corrected chi connectivity index (χ0v) is 20.5. The van der Waals surface area contributed by atoms with E-state index in [2.05, 4.69) is 0 Å². The van der Waals surface area contributed by atoms with Crippen LogP contribution in [-0.4, -0.2) is 37.2 Å². The van der Waals surface area contributed by atoms with E-state index in [1.54, 1.807) is 25.0 Å². The average molecular weight is 477 g/mol. The molecule has 0 bridgehead atoms. The van der Waals surface area contributed by atoms with E-state index in [-0.39, 0.29) is 25.5 Å². The molecule has 2 N–H and O–H groups in total. The van der Waals surface area contributed by atoms with Gasteiger partial charge in [0, 0.05) is 23.4 Å². The van der Waals surface area contributed by atoms with Crippen molar-refractivity contribution >= 4 is 17.7 Å². The quantitative estimate of drug-likeness (QED) is 0.319. The highest BCUT2D eigenvalue weighted by Crippen LogP contribution is 2.36. The zero-order valence-electron chi connectivity index (χ0n) is 20.5. The molecule has 0 radical (unpaired) electrons. The highest BCUT2D eigenvalue weighted by molar-refractivity contribution is 5.80. The number of nitrogen functional groups attached to an aromatic ring is 1. The van der Waals surface area contributed by atoms with Crippen LogP contribution < -0.4 is 10.5 Å². The number of nitrogens with zero attached hydrogens (tertiary/aromatic N) is 1. The van der Waals surface area contributed by atoms with E-state index in [0.29, 0.717) is 24.6 Å². The van der Waals surface area contributed by atoms with Gasteiger partial charge in [0.15, 0.2) is 0 Å². The van der Waals surface area contributed by atoms with Crippen LogP contribution in [0.15, 0.2) is 66.7 Å². The van der Waals surface area contributed by atoms with Gasteiger partial charge in [0.1, 0.15) is 12.4 Å². The van der Waals surface area contributed by atoms with Crippen LogP contribution in [0, 0.1) is 0 Å². The molecule has 0 aliphatic heterocycles. The average Bonchev–Trinajstić information content (AvgIpc) is 2.87. The molecule has 35 heavy (non-hydrogen) atoms. The molecule has 3 aromatic carbocycles. The van der Waals surface area contributed by atoms with Crippen molar-refractivity contribution in [2.45, 2.75) is 33.4 Å². The van der Waals surface area contributed by atoms with Crippen molar-refractivity contribution in [3.8, 4) is 16.9 Å². The van der Waals surface area contributed by atoms with E-state index in [1.165, 1.54) is 0 Å². The van der Waals surface area contributed by atoms with Gasteiger partial charge in [0.2, 0.25) is 0 Å². The fraction of sp³-hybridized carbons (Fsp3) is 0.286. The lowest BCUT2D eigenvalue weighted by atomic mass is 9.95. The molecule has 3 aromatic rings. The van der Waals surface area contributed by atoms with Crippen LogP contribution in [0.5, 0.6) is 5.75 Å². The third kappa shape index (κ3) is 6.76. The number of benzene rings is 3. The van der Waals surface area contributed by atoms with Gasteiger partial charge in [-0.3, -0.25) is 4.79 Å². The Morgan fingerprint density at radius 3 is 2.34 bits per heavy atom. The summed E-state index contributed by atoms with van der Waals surface area (Å²) in [5.74, 6) is 0.342. The highest BCUT2D eigenvalue weighted by Gasteiger charge is 2.20. The minimum atomic E-state index is -0.423. The van der Waals surface area contributed by atoms with Gasteiger partial charge in [-0.2, -0.15) is 0 Å². The Kier molecular flexibility index (Phi) is 9.12. The van der Waals surface area contributed by atoms with Crippen molar-refractivity contribution < 1.29 is 23.8 Å². The van der Waals surface area contributed by atoms with Crippen LogP contribution in [0.2, 0.25) is 0 Å². The standard InChI is InChI=1S/C28H32N2O5/c1-4-30(28(32)35-19-20-10-7-6-8-11-20)18-24-22(12-9-13-25(24)29)23-16-21(14-15-26(23)33-3)17-27(31)34-5-2/h6-16H,4-5,17-19,29H2,1-3H3. The van der Waals surface area contributed by atoms with Gasteiger partial charge in [-0.05, 0) is 48.7 Å². The number of methoxy groups -OCH3 is 1. The number of anilines is 1. The van der Waals surface area contributed by atoms with Gasteiger partial charge < -0.3 is 24.8 Å². The molecule has 0 fully saturated rings. The third-order valence-corrected chi connectivity index (χ3v) is 5.61. The highest BCUT2D eigenvalue weighted by atomic mass is 16.6. The minimum absolute atomic E-state index is 0.148. The maximum absolute atomic E-state index is 12.9. The summed E-state index contributed by atoms with van der Waals surface area (Å²) >= 11 is 0. The summed E-state index contributed by atoms with van der Waals surface area (Å²) in [5.41, 5.74) is 11.0. The van der Waals surface area contributed by atoms with E-state index in [1.807, 2.05) is 67.6 Å². The Morgan fingerprint density at radius 2 is 1.66 bits per heavy atom. The first-order chi connectivity index (χ1) is 17.0. The van der Waals surface area contributed by atoms with Crippen LogP contribution in [-0.2, 0) is 33.8 Å². The lowest BCUT2D eigenvalue weighted by Gasteiger charge is -2.24. The molecule has 1 amide bonds. The lowest BCUT2D eigenvalue weighted by Crippen LogP contribution is -2.31. The number of amides is 1. The van der Waals surface area contributed by atoms with Gasteiger partial charge >= 0.3 is 12.1 Å². The van der Waals surface area contributed by atoms with Crippen LogP contribution in [0.1, 0.15) is 30.5 Å². The SMILES string of the molecule is CCOC(=O)Cc1ccc(OC)c(-c2cccc(N)c2CN(CC)C(=O)OCc2ccccc2)c1. The molecule has 0 atom stereocenters. The molecule has 0 unspecified atom stereocenters. The summed E-state index contributed by atoms with van der Waals surface area (Å²) in [4.78, 5) is 26.5. The summed E-state index contributed by atoms with van der Waals surface area (Å²) in [6.07, 6.45) is -0.274. The van der Waals surface area contributed by atoms with Crippen LogP contribution in [0.3, 0.4) is 0 Å². The largest absolute Gasteiger partial charge is 0.496 e. The molecule has 0 heterocycles. The molecule has 0 saturated heterocycles. The number of hydrogen-bond donors (Lipinski definition) is 1. The second-order valence-corrected chi connectivity index (χ2v) is 7.94. The van der Waals surface area contributed by atoms with E-state index in [9.17, 15) is 9.59 Å². The second-order valence-electron chi connectivity index (χ2n) is 7.94. The van der Waals surface area contributed by atoms with Gasteiger partial charge in [-0.1, -0.05) is 48.5 Å². The molecular formula is C28H32N2O5. The first-order valence-corrected chi connectivity index (χ1v) is 11.6. The monoisotopic (exact) mass is 476 g/mol. The normalized spacial score (nSPS) is 10.5. The van der Waals surface area contributed by atoms with Gasteiger partial charge in [-0.15, -0.1) is 0 Å². The number of rotatable bonds is 10. The predicted octanol–water partition coefficient (Wildman–Crippen LogP) is 5.21. The Morgan fingerprint density at radius 1 is 0.886 bits per heavy atom. The Bertz CT molecular complexity index is 1150. The Balaban J connectivity index is 1.89.